The maximum absolute atomic E-state index is 13.4. The molecule has 7 nitrogen and oxygen atoms in total. The number of rotatable bonds is 4. The largest absolute Gasteiger partial charge is 0.368 e. The van der Waals surface area contributed by atoms with E-state index in [1.165, 1.54) is 18.3 Å². The van der Waals surface area contributed by atoms with Gasteiger partial charge in [-0.3, -0.25) is 20.6 Å². The topological polar surface area (TPSA) is 106 Å². The molecule has 4 N–H and O–H groups in total. The van der Waals surface area contributed by atoms with E-state index in [1.54, 1.807) is 0 Å². The number of nitrogen functional groups attached to an aromatic ring is 1. The van der Waals surface area contributed by atoms with Crippen molar-refractivity contribution in [3.8, 4) is 0 Å². The third kappa shape index (κ3) is 3.99. The molecule has 0 bridgehead atoms. The molecule has 0 aliphatic heterocycles. The monoisotopic (exact) mass is 374 g/mol. The van der Waals surface area contributed by atoms with E-state index in [2.05, 4.69) is 41.7 Å². The Labute approximate surface area is 132 Å². The van der Waals surface area contributed by atoms with E-state index in [9.17, 15) is 9.18 Å². The van der Waals surface area contributed by atoms with Crippen LogP contribution in [-0.2, 0) is 11.2 Å². The van der Waals surface area contributed by atoms with E-state index < -0.39 is 11.7 Å². The van der Waals surface area contributed by atoms with E-state index in [4.69, 9.17) is 17.3 Å². The van der Waals surface area contributed by atoms with Crippen LogP contribution in [0.5, 0.6) is 0 Å². The zero-order chi connectivity index (χ0) is 15.4. The molecule has 0 aliphatic rings. The molecule has 2 aromatic heterocycles. The lowest BCUT2D eigenvalue weighted by Crippen LogP contribution is -2.32. The first-order valence-electron chi connectivity index (χ1n) is 5.60. The Balaban J connectivity index is 2.00. The maximum Gasteiger partial charge on any atom is 0.244 e. The van der Waals surface area contributed by atoms with Gasteiger partial charge in [-0.25, -0.2) is 4.39 Å². The number of hydrogen-bond acceptors (Lipinski definition) is 6. The zero-order valence-electron chi connectivity index (χ0n) is 10.4. The summed E-state index contributed by atoms with van der Waals surface area (Å²) in [5.74, 6) is -0.936. The second-order valence-electron chi connectivity index (χ2n) is 3.82. The number of nitrogens with zero attached hydrogens (tertiary/aromatic N) is 3. The van der Waals surface area contributed by atoms with Gasteiger partial charge in [-0.1, -0.05) is 11.6 Å². The molecule has 0 saturated heterocycles. The summed E-state index contributed by atoms with van der Waals surface area (Å²) in [4.78, 5) is 23.1. The van der Waals surface area contributed by atoms with Gasteiger partial charge in [0.1, 0.15) is 5.82 Å². The number of aromatic nitrogens is 3. The number of nitrogens with two attached hydrogens (primary N) is 1. The third-order valence-corrected chi connectivity index (χ3v) is 3.56. The Bertz CT molecular complexity index is 686. The SMILES string of the molecule is Nc1nc(Cl)c(Br)c(NNC(=O)Cc2ncccc2F)n1. The van der Waals surface area contributed by atoms with Crippen LogP contribution in [0, 0.1) is 5.82 Å². The van der Waals surface area contributed by atoms with Gasteiger partial charge < -0.3 is 5.73 Å². The molecule has 0 unspecified atom stereocenters. The standard InChI is InChI=1S/C11H9BrClFN6O/c12-8-9(13)17-11(15)18-10(8)20-19-7(21)4-6-5(14)2-1-3-16-6/h1-3H,4H2,(H,19,21)(H3,15,17,18,20). The highest BCUT2D eigenvalue weighted by Gasteiger charge is 2.12. The third-order valence-electron chi connectivity index (χ3n) is 2.31. The summed E-state index contributed by atoms with van der Waals surface area (Å²) in [6, 6.07) is 2.67. The average Bonchev–Trinajstić information content (AvgIpc) is 2.44. The summed E-state index contributed by atoms with van der Waals surface area (Å²) in [5.41, 5.74) is 10.3. The highest BCUT2D eigenvalue weighted by atomic mass is 79.9. The fraction of sp³-hybridized carbons (Fsp3) is 0.0909. The highest BCUT2D eigenvalue weighted by Crippen LogP contribution is 2.27. The van der Waals surface area contributed by atoms with Crippen LogP contribution in [-0.4, -0.2) is 20.9 Å². The molecule has 1 amide bonds. The van der Waals surface area contributed by atoms with E-state index >= 15 is 0 Å². The van der Waals surface area contributed by atoms with Gasteiger partial charge in [0.25, 0.3) is 0 Å². The zero-order valence-corrected chi connectivity index (χ0v) is 12.7. The fourth-order valence-electron chi connectivity index (χ4n) is 1.39. The number of carbonyl (C=O) groups excluding carboxylic acids is 1. The molecule has 0 spiro atoms. The Morgan fingerprint density at radius 2 is 2.24 bits per heavy atom. The maximum atomic E-state index is 13.4. The molecule has 0 radical (unpaired) electrons. The van der Waals surface area contributed by atoms with Crippen molar-refractivity contribution in [2.75, 3.05) is 11.2 Å². The smallest absolute Gasteiger partial charge is 0.244 e. The van der Waals surface area contributed by atoms with Crippen LogP contribution >= 0.6 is 27.5 Å². The molecule has 2 aromatic rings. The molecule has 0 aromatic carbocycles. The Hall–Kier alpha value is -2.00. The molecule has 10 heteroatoms. The van der Waals surface area contributed by atoms with Gasteiger partial charge in [0.2, 0.25) is 11.9 Å². The Morgan fingerprint density at radius 3 is 2.95 bits per heavy atom. The number of amides is 1. The van der Waals surface area contributed by atoms with Crippen LogP contribution < -0.4 is 16.6 Å². The number of halogens is 3. The predicted molar refractivity (Wildman–Crippen MR) is 78.8 cm³/mol. The molecule has 2 heterocycles. The van der Waals surface area contributed by atoms with Crippen molar-refractivity contribution in [3.05, 3.63) is 39.5 Å². The molecule has 2 rings (SSSR count). The van der Waals surface area contributed by atoms with Crippen molar-refractivity contribution >= 4 is 45.2 Å². The van der Waals surface area contributed by atoms with Crippen LogP contribution in [0.15, 0.2) is 22.8 Å². The summed E-state index contributed by atoms with van der Waals surface area (Å²) in [5, 5.41) is 0.0926. The van der Waals surface area contributed by atoms with Crippen LogP contribution in [0.25, 0.3) is 0 Å². The quantitative estimate of drug-likeness (QED) is 0.555. The molecular weight excluding hydrogens is 367 g/mol. The summed E-state index contributed by atoms with van der Waals surface area (Å²) in [6.07, 6.45) is 1.17. The minimum absolute atomic E-state index is 0.0381. The minimum atomic E-state index is -0.553. The van der Waals surface area contributed by atoms with Crippen LogP contribution in [0.4, 0.5) is 16.2 Å². The van der Waals surface area contributed by atoms with Gasteiger partial charge in [-0.15, -0.1) is 0 Å². The van der Waals surface area contributed by atoms with Gasteiger partial charge in [0, 0.05) is 6.20 Å². The molecule has 0 atom stereocenters. The molecule has 0 saturated carbocycles. The lowest BCUT2D eigenvalue weighted by atomic mass is 10.2. The summed E-state index contributed by atoms with van der Waals surface area (Å²) in [7, 11) is 0. The first kappa shape index (κ1) is 15.4. The fourth-order valence-corrected chi connectivity index (χ4v) is 1.84. The predicted octanol–water partition coefficient (Wildman–Crippen LogP) is 1.69. The van der Waals surface area contributed by atoms with Crippen molar-refractivity contribution < 1.29 is 9.18 Å². The van der Waals surface area contributed by atoms with E-state index in [1.807, 2.05) is 0 Å². The van der Waals surface area contributed by atoms with Crippen molar-refractivity contribution in [1.29, 1.82) is 0 Å². The Morgan fingerprint density at radius 1 is 1.48 bits per heavy atom. The van der Waals surface area contributed by atoms with Gasteiger partial charge in [-0.2, -0.15) is 9.97 Å². The van der Waals surface area contributed by atoms with Crippen LogP contribution in [0.2, 0.25) is 5.15 Å². The van der Waals surface area contributed by atoms with Gasteiger partial charge in [0.15, 0.2) is 11.0 Å². The Kier molecular flexibility index (Phi) is 4.86. The molecule has 110 valence electrons. The summed E-state index contributed by atoms with van der Waals surface area (Å²) in [6.45, 7) is 0. The second kappa shape index (κ2) is 6.64. The summed E-state index contributed by atoms with van der Waals surface area (Å²) >= 11 is 8.94. The van der Waals surface area contributed by atoms with Gasteiger partial charge in [0.05, 0.1) is 16.6 Å². The first-order valence-corrected chi connectivity index (χ1v) is 6.77. The number of carbonyl (C=O) groups is 1. The van der Waals surface area contributed by atoms with Crippen LogP contribution in [0.3, 0.4) is 0 Å². The van der Waals surface area contributed by atoms with Gasteiger partial charge in [-0.05, 0) is 28.1 Å². The lowest BCUT2D eigenvalue weighted by molar-refractivity contribution is -0.120. The molecular formula is C11H9BrClFN6O. The first-order chi connectivity index (χ1) is 9.97. The number of hydrazine groups is 1. The highest BCUT2D eigenvalue weighted by molar-refractivity contribution is 9.10. The second-order valence-corrected chi connectivity index (χ2v) is 4.97. The molecule has 0 aliphatic carbocycles. The molecule has 21 heavy (non-hydrogen) atoms. The van der Waals surface area contributed by atoms with Crippen molar-refractivity contribution in [1.82, 2.24) is 20.4 Å². The normalized spacial score (nSPS) is 10.2. The number of anilines is 2. The number of pyridine rings is 1. The number of hydrogen-bond donors (Lipinski definition) is 3. The van der Waals surface area contributed by atoms with Crippen molar-refractivity contribution in [3.63, 3.8) is 0 Å². The minimum Gasteiger partial charge on any atom is -0.368 e. The molecule has 0 fully saturated rings. The van der Waals surface area contributed by atoms with E-state index in [0.29, 0.717) is 4.47 Å². The van der Waals surface area contributed by atoms with Crippen molar-refractivity contribution in [2.24, 2.45) is 0 Å². The van der Waals surface area contributed by atoms with Crippen molar-refractivity contribution in [2.45, 2.75) is 6.42 Å². The number of nitrogens with one attached hydrogen (secondary N) is 2. The van der Waals surface area contributed by atoms with E-state index in [0.717, 1.165) is 0 Å². The van der Waals surface area contributed by atoms with E-state index in [-0.39, 0.29) is 29.0 Å². The average molecular weight is 376 g/mol. The summed E-state index contributed by atoms with van der Waals surface area (Å²) < 4.78 is 13.7. The van der Waals surface area contributed by atoms with Crippen LogP contribution in [0.1, 0.15) is 5.69 Å². The lowest BCUT2D eigenvalue weighted by Gasteiger charge is -2.10. The van der Waals surface area contributed by atoms with Gasteiger partial charge >= 0.3 is 0 Å².